The number of rotatable bonds is 5. The van der Waals surface area contributed by atoms with Crippen LogP contribution in [0.3, 0.4) is 0 Å². The molecule has 1 heterocycles. The lowest BCUT2D eigenvalue weighted by Gasteiger charge is -2.36. The Morgan fingerprint density at radius 3 is 2.34 bits per heavy atom. The number of esters is 1. The molecule has 2 aromatic rings. The molecule has 164 valence electrons. The first-order valence-electron chi connectivity index (χ1n) is 11.2. The topological polar surface area (TPSA) is 55.4 Å². The minimum atomic E-state index is -0.451. The summed E-state index contributed by atoms with van der Waals surface area (Å²) in [6.45, 7) is 10.2. The molecule has 1 N–H and O–H groups in total. The Morgan fingerprint density at radius 2 is 1.72 bits per heavy atom. The van der Waals surface area contributed by atoms with Crippen LogP contribution >= 0.6 is 0 Å². The third-order valence-electron chi connectivity index (χ3n) is 6.04. The van der Waals surface area contributed by atoms with Crippen molar-refractivity contribution < 1.29 is 14.3 Å². The normalized spacial score (nSPS) is 18.6. The van der Waals surface area contributed by atoms with Gasteiger partial charge in [0.05, 0.1) is 12.2 Å². The SMILES string of the molecule is C=C1CC(=O)C2=C(C1)NC(C(C)C)=C(C(=O)OCC)C2c1ccc(-c2ccccc2)cc1. The van der Waals surface area contributed by atoms with Crippen LogP contribution in [0.1, 0.15) is 45.1 Å². The Morgan fingerprint density at radius 1 is 1.06 bits per heavy atom. The maximum absolute atomic E-state index is 13.2. The molecule has 1 unspecified atom stereocenters. The van der Waals surface area contributed by atoms with Crippen LogP contribution in [0.2, 0.25) is 0 Å². The predicted octanol–water partition coefficient (Wildman–Crippen LogP) is 5.69. The zero-order valence-electron chi connectivity index (χ0n) is 18.9. The Bertz CT molecular complexity index is 1120. The fraction of sp³-hybridized carbons (Fsp3) is 0.286. The summed E-state index contributed by atoms with van der Waals surface area (Å²) in [6, 6.07) is 18.3. The van der Waals surface area contributed by atoms with Crippen molar-refractivity contribution in [3.05, 3.63) is 94.9 Å². The molecule has 0 amide bonds. The van der Waals surface area contributed by atoms with Gasteiger partial charge in [-0.3, -0.25) is 4.79 Å². The lowest BCUT2D eigenvalue weighted by molar-refractivity contribution is -0.138. The maximum Gasteiger partial charge on any atom is 0.336 e. The van der Waals surface area contributed by atoms with E-state index in [1.54, 1.807) is 6.92 Å². The summed E-state index contributed by atoms with van der Waals surface area (Å²) >= 11 is 0. The second kappa shape index (κ2) is 8.99. The van der Waals surface area contributed by atoms with E-state index < -0.39 is 5.92 Å². The average Bonchev–Trinajstić information content (AvgIpc) is 2.78. The molecule has 0 radical (unpaired) electrons. The van der Waals surface area contributed by atoms with Crippen LogP contribution < -0.4 is 5.32 Å². The number of hydrogen-bond acceptors (Lipinski definition) is 4. The minimum Gasteiger partial charge on any atom is -0.463 e. The van der Waals surface area contributed by atoms with Crippen molar-refractivity contribution >= 4 is 11.8 Å². The van der Waals surface area contributed by atoms with Gasteiger partial charge in [-0.25, -0.2) is 4.79 Å². The molecule has 0 aromatic heterocycles. The Balaban J connectivity index is 1.86. The van der Waals surface area contributed by atoms with Crippen LogP contribution in [0.15, 0.2) is 89.3 Å². The summed E-state index contributed by atoms with van der Waals surface area (Å²) in [7, 11) is 0. The van der Waals surface area contributed by atoms with Crippen molar-refractivity contribution in [3.8, 4) is 11.1 Å². The van der Waals surface area contributed by atoms with E-state index in [-0.39, 0.29) is 24.3 Å². The summed E-state index contributed by atoms with van der Waals surface area (Å²) in [5.74, 6) is -0.733. The van der Waals surface area contributed by atoms with Crippen LogP contribution in [0, 0.1) is 5.92 Å². The largest absolute Gasteiger partial charge is 0.463 e. The number of nitrogens with one attached hydrogen (secondary N) is 1. The van der Waals surface area contributed by atoms with Crippen molar-refractivity contribution in [3.63, 3.8) is 0 Å². The summed E-state index contributed by atoms with van der Waals surface area (Å²) in [5.41, 5.74) is 6.90. The van der Waals surface area contributed by atoms with E-state index in [1.165, 1.54) is 0 Å². The molecule has 0 spiro atoms. The first kappa shape index (κ1) is 21.8. The molecule has 1 aliphatic heterocycles. The number of carbonyl (C=O) groups excluding carboxylic acids is 2. The number of allylic oxidation sites excluding steroid dienone is 3. The van der Waals surface area contributed by atoms with Gasteiger partial charge < -0.3 is 10.1 Å². The van der Waals surface area contributed by atoms with Crippen molar-refractivity contribution in [1.29, 1.82) is 0 Å². The van der Waals surface area contributed by atoms with Gasteiger partial charge in [-0.2, -0.15) is 0 Å². The van der Waals surface area contributed by atoms with Gasteiger partial charge in [0.25, 0.3) is 0 Å². The molecule has 2 aromatic carbocycles. The van der Waals surface area contributed by atoms with Crippen LogP contribution in [0.5, 0.6) is 0 Å². The summed E-state index contributed by atoms with van der Waals surface area (Å²) < 4.78 is 5.45. The van der Waals surface area contributed by atoms with Gasteiger partial charge in [0.15, 0.2) is 5.78 Å². The molecule has 0 saturated carbocycles. The van der Waals surface area contributed by atoms with Crippen LogP contribution in [-0.4, -0.2) is 18.4 Å². The van der Waals surface area contributed by atoms with Gasteiger partial charge in [0, 0.05) is 35.7 Å². The first-order valence-corrected chi connectivity index (χ1v) is 11.2. The summed E-state index contributed by atoms with van der Waals surface area (Å²) in [4.78, 5) is 26.3. The lowest BCUT2D eigenvalue weighted by Crippen LogP contribution is -2.37. The van der Waals surface area contributed by atoms with Crippen LogP contribution in [0.25, 0.3) is 11.1 Å². The number of dihydropyridines is 1. The molecule has 0 fully saturated rings. The Kier molecular flexibility index (Phi) is 6.13. The van der Waals surface area contributed by atoms with Crippen molar-refractivity contribution in [2.45, 2.75) is 39.5 Å². The second-order valence-electron chi connectivity index (χ2n) is 8.67. The van der Waals surface area contributed by atoms with Crippen molar-refractivity contribution in [1.82, 2.24) is 5.32 Å². The number of ketones is 1. The van der Waals surface area contributed by atoms with Crippen molar-refractivity contribution in [2.24, 2.45) is 5.92 Å². The fourth-order valence-electron chi connectivity index (χ4n) is 4.60. The standard InChI is InChI=1S/C28H29NO3/c1-5-32-28(31)26-24(21-13-11-20(12-14-21)19-9-7-6-8-10-19)25-22(29-27(26)17(2)3)15-18(4)16-23(25)30/h6-14,17,24,29H,4-5,15-16H2,1-3H3. The highest BCUT2D eigenvalue weighted by Gasteiger charge is 2.41. The molecular formula is C28H29NO3. The van der Waals surface area contributed by atoms with E-state index >= 15 is 0 Å². The highest BCUT2D eigenvalue weighted by atomic mass is 16.5. The van der Waals surface area contributed by atoms with Gasteiger partial charge in [-0.05, 0) is 29.5 Å². The average molecular weight is 428 g/mol. The van der Waals surface area contributed by atoms with Crippen LogP contribution in [0.4, 0.5) is 0 Å². The van der Waals surface area contributed by atoms with Gasteiger partial charge in [-0.15, -0.1) is 0 Å². The molecule has 4 nitrogen and oxygen atoms in total. The molecule has 0 bridgehead atoms. The highest BCUT2D eigenvalue weighted by Crippen LogP contribution is 2.44. The molecule has 1 aliphatic carbocycles. The zero-order valence-corrected chi connectivity index (χ0v) is 18.9. The molecule has 1 atom stereocenters. The molecule has 0 saturated heterocycles. The van der Waals surface area contributed by atoms with Crippen LogP contribution in [-0.2, 0) is 14.3 Å². The maximum atomic E-state index is 13.2. The van der Waals surface area contributed by atoms with E-state index in [1.807, 2.05) is 44.2 Å². The number of benzene rings is 2. The minimum absolute atomic E-state index is 0.0190. The molecular weight excluding hydrogens is 398 g/mol. The van der Waals surface area contributed by atoms with Gasteiger partial charge in [-0.1, -0.05) is 80.6 Å². The van der Waals surface area contributed by atoms with E-state index in [0.717, 1.165) is 33.7 Å². The first-order chi connectivity index (χ1) is 15.4. The van der Waals surface area contributed by atoms with Gasteiger partial charge in [0.1, 0.15) is 0 Å². The number of hydrogen-bond donors (Lipinski definition) is 1. The predicted molar refractivity (Wildman–Crippen MR) is 127 cm³/mol. The monoisotopic (exact) mass is 427 g/mol. The molecule has 4 heteroatoms. The Hall–Kier alpha value is -3.40. The molecule has 2 aliphatic rings. The van der Waals surface area contributed by atoms with Crippen molar-refractivity contribution in [2.75, 3.05) is 6.61 Å². The number of ether oxygens (including phenoxy) is 1. The Labute approximate surface area is 189 Å². The number of carbonyl (C=O) groups is 2. The summed E-state index contributed by atoms with van der Waals surface area (Å²) in [5, 5.41) is 3.42. The van der Waals surface area contributed by atoms with E-state index in [0.29, 0.717) is 24.0 Å². The fourth-order valence-corrected chi connectivity index (χ4v) is 4.60. The van der Waals surface area contributed by atoms with Gasteiger partial charge >= 0.3 is 5.97 Å². The van der Waals surface area contributed by atoms with E-state index in [2.05, 4.69) is 36.2 Å². The number of Topliss-reactive ketones (excluding diaryl/α,β-unsaturated/α-hetero) is 1. The smallest absolute Gasteiger partial charge is 0.336 e. The third kappa shape index (κ3) is 4.05. The zero-order chi connectivity index (χ0) is 22.8. The van der Waals surface area contributed by atoms with E-state index in [4.69, 9.17) is 4.74 Å². The molecule has 32 heavy (non-hydrogen) atoms. The van der Waals surface area contributed by atoms with Gasteiger partial charge in [0.2, 0.25) is 0 Å². The summed E-state index contributed by atoms with van der Waals surface area (Å²) in [6.07, 6.45) is 0.929. The van der Waals surface area contributed by atoms with E-state index in [9.17, 15) is 9.59 Å². The molecule has 4 rings (SSSR count). The second-order valence-corrected chi connectivity index (χ2v) is 8.67. The lowest BCUT2D eigenvalue weighted by atomic mass is 9.73. The third-order valence-corrected chi connectivity index (χ3v) is 6.04. The quantitative estimate of drug-likeness (QED) is 0.492. The highest BCUT2D eigenvalue weighted by molar-refractivity contribution is 6.05.